The van der Waals surface area contributed by atoms with E-state index in [0.29, 0.717) is 34.7 Å². The number of carbonyl (C=O) groups is 2. The van der Waals surface area contributed by atoms with Crippen LogP contribution >= 0.6 is 11.6 Å². The van der Waals surface area contributed by atoms with Crippen molar-refractivity contribution in [2.45, 2.75) is 13.8 Å². The van der Waals surface area contributed by atoms with E-state index in [1.165, 1.54) is 16.8 Å². The summed E-state index contributed by atoms with van der Waals surface area (Å²) in [5, 5.41) is 3.15. The van der Waals surface area contributed by atoms with Crippen LogP contribution < -0.4 is 15.8 Å². The fourth-order valence-electron chi connectivity index (χ4n) is 2.07. The van der Waals surface area contributed by atoms with E-state index in [9.17, 15) is 9.59 Å². The molecule has 0 spiro atoms. The van der Waals surface area contributed by atoms with Crippen molar-refractivity contribution in [3.05, 3.63) is 46.7 Å². The minimum atomic E-state index is -0.584. The van der Waals surface area contributed by atoms with Gasteiger partial charge in [0.1, 0.15) is 11.4 Å². The second kappa shape index (κ2) is 7.40. The Balaban J connectivity index is 2.12. The summed E-state index contributed by atoms with van der Waals surface area (Å²) in [6.45, 7) is 4.65. The monoisotopic (exact) mass is 349 g/mol. The molecular formula is C17H20ClN3O3. The number of ether oxygens (including phenoxy) is 1. The summed E-state index contributed by atoms with van der Waals surface area (Å²) in [6.07, 6.45) is 1.51. The largest absolute Gasteiger partial charge is 0.492 e. The zero-order chi connectivity index (χ0) is 17.9. The smallest absolute Gasteiger partial charge is 0.272 e. The molecule has 128 valence electrons. The first-order valence-corrected chi connectivity index (χ1v) is 7.85. The zero-order valence-electron chi connectivity index (χ0n) is 13.8. The van der Waals surface area contributed by atoms with Crippen LogP contribution in [0.5, 0.6) is 5.75 Å². The van der Waals surface area contributed by atoms with Crippen LogP contribution in [-0.4, -0.2) is 23.0 Å². The molecule has 2 amide bonds. The van der Waals surface area contributed by atoms with Crippen molar-refractivity contribution >= 4 is 29.1 Å². The van der Waals surface area contributed by atoms with E-state index in [1.807, 2.05) is 13.8 Å². The first kappa shape index (κ1) is 17.9. The SMILES string of the molecule is CC(C)COc1ccc(NC(=O)c2cc(C(N)=O)cn2C)cc1Cl. The molecule has 2 rings (SSSR count). The number of anilines is 1. The number of carbonyl (C=O) groups excluding carboxylic acids is 2. The minimum Gasteiger partial charge on any atom is -0.492 e. The Morgan fingerprint density at radius 2 is 2.04 bits per heavy atom. The highest BCUT2D eigenvalue weighted by atomic mass is 35.5. The molecule has 1 aromatic carbocycles. The van der Waals surface area contributed by atoms with Gasteiger partial charge in [-0.1, -0.05) is 25.4 Å². The molecular weight excluding hydrogens is 330 g/mol. The Hall–Kier alpha value is -2.47. The highest BCUT2D eigenvalue weighted by molar-refractivity contribution is 6.32. The van der Waals surface area contributed by atoms with Crippen molar-refractivity contribution in [2.75, 3.05) is 11.9 Å². The lowest BCUT2D eigenvalue weighted by molar-refractivity contribution is 0.0998. The number of rotatable bonds is 6. The molecule has 0 radical (unpaired) electrons. The normalized spacial score (nSPS) is 10.7. The van der Waals surface area contributed by atoms with Crippen molar-refractivity contribution in [1.82, 2.24) is 4.57 Å². The summed E-state index contributed by atoms with van der Waals surface area (Å²) in [6, 6.07) is 6.48. The molecule has 1 aromatic heterocycles. The van der Waals surface area contributed by atoms with Gasteiger partial charge in [0.15, 0.2) is 0 Å². The van der Waals surface area contributed by atoms with Crippen LogP contribution in [0.2, 0.25) is 5.02 Å². The number of primary amides is 1. The van der Waals surface area contributed by atoms with Crippen molar-refractivity contribution in [1.29, 1.82) is 0 Å². The maximum atomic E-state index is 12.3. The Bertz CT molecular complexity index is 768. The molecule has 24 heavy (non-hydrogen) atoms. The third-order valence-corrected chi connectivity index (χ3v) is 3.58. The Morgan fingerprint density at radius 1 is 1.33 bits per heavy atom. The third kappa shape index (κ3) is 4.29. The lowest BCUT2D eigenvalue weighted by Gasteiger charge is -2.12. The number of aromatic nitrogens is 1. The van der Waals surface area contributed by atoms with Gasteiger partial charge in [-0.25, -0.2) is 0 Å². The highest BCUT2D eigenvalue weighted by Gasteiger charge is 2.15. The number of amides is 2. The summed E-state index contributed by atoms with van der Waals surface area (Å²) in [5.74, 6) is 0.00625. The van der Waals surface area contributed by atoms with Gasteiger partial charge < -0.3 is 20.4 Å². The van der Waals surface area contributed by atoms with E-state index in [1.54, 1.807) is 25.2 Å². The van der Waals surface area contributed by atoms with Crippen LogP contribution in [0.1, 0.15) is 34.7 Å². The topological polar surface area (TPSA) is 86.3 Å². The van der Waals surface area contributed by atoms with E-state index in [0.717, 1.165) is 0 Å². The minimum absolute atomic E-state index is 0.276. The predicted octanol–water partition coefficient (Wildman–Crippen LogP) is 3.06. The van der Waals surface area contributed by atoms with Gasteiger partial charge in [-0.2, -0.15) is 0 Å². The lowest BCUT2D eigenvalue weighted by atomic mass is 10.2. The van der Waals surface area contributed by atoms with Crippen LogP contribution in [0.15, 0.2) is 30.5 Å². The summed E-state index contributed by atoms with van der Waals surface area (Å²) in [7, 11) is 1.66. The van der Waals surface area contributed by atoms with Gasteiger partial charge in [0.2, 0.25) is 5.91 Å². The molecule has 0 saturated heterocycles. The van der Waals surface area contributed by atoms with Crippen LogP contribution in [-0.2, 0) is 7.05 Å². The number of nitrogens with two attached hydrogens (primary N) is 1. The van der Waals surface area contributed by atoms with Crippen LogP contribution in [0.4, 0.5) is 5.69 Å². The lowest BCUT2D eigenvalue weighted by Crippen LogP contribution is -2.15. The van der Waals surface area contributed by atoms with Crippen LogP contribution in [0, 0.1) is 5.92 Å². The first-order valence-electron chi connectivity index (χ1n) is 7.47. The van der Waals surface area contributed by atoms with Gasteiger partial charge in [0, 0.05) is 18.9 Å². The Morgan fingerprint density at radius 3 is 2.58 bits per heavy atom. The number of halogens is 1. The quantitative estimate of drug-likeness (QED) is 0.840. The summed E-state index contributed by atoms with van der Waals surface area (Å²) < 4.78 is 7.13. The molecule has 6 nitrogen and oxygen atoms in total. The molecule has 0 aliphatic rings. The fourth-order valence-corrected chi connectivity index (χ4v) is 2.31. The molecule has 0 bridgehead atoms. The molecule has 0 aliphatic carbocycles. The van der Waals surface area contributed by atoms with Crippen molar-refractivity contribution < 1.29 is 14.3 Å². The average Bonchev–Trinajstić information content (AvgIpc) is 2.88. The van der Waals surface area contributed by atoms with Crippen molar-refractivity contribution in [3.8, 4) is 5.75 Å². The van der Waals surface area contributed by atoms with Crippen LogP contribution in [0.3, 0.4) is 0 Å². The third-order valence-electron chi connectivity index (χ3n) is 3.28. The summed E-state index contributed by atoms with van der Waals surface area (Å²) in [4.78, 5) is 23.5. The van der Waals surface area contributed by atoms with Crippen molar-refractivity contribution in [2.24, 2.45) is 18.7 Å². The number of nitrogens with zero attached hydrogens (tertiary/aromatic N) is 1. The van der Waals surface area contributed by atoms with Gasteiger partial charge >= 0.3 is 0 Å². The first-order chi connectivity index (χ1) is 11.3. The Kier molecular flexibility index (Phi) is 5.51. The van der Waals surface area contributed by atoms with Gasteiger partial charge in [-0.05, 0) is 30.2 Å². The molecule has 0 aliphatic heterocycles. The number of hydrogen-bond donors (Lipinski definition) is 2. The maximum Gasteiger partial charge on any atom is 0.272 e. The zero-order valence-corrected chi connectivity index (χ0v) is 14.6. The molecule has 0 fully saturated rings. The fraction of sp³-hybridized carbons (Fsp3) is 0.294. The standard InChI is InChI=1S/C17H20ClN3O3/c1-10(2)9-24-15-5-4-12(7-13(15)18)20-17(23)14-6-11(16(19)22)8-21(14)3/h4-8,10H,9H2,1-3H3,(H2,19,22)(H,20,23). The summed E-state index contributed by atoms with van der Waals surface area (Å²) >= 11 is 6.18. The second-order valence-corrected chi connectivity index (χ2v) is 6.30. The van der Waals surface area contributed by atoms with Gasteiger partial charge in [0.25, 0.3) is 5.91 Å². The summed E-state index contributed by atoms with van der Waals surface area (Å²) in [5.41, 5.74) is 6.35. The van der Waals surface area contributed by atoms with E-state index in [2.05, 4.69) is 5.32 Å². The molecule has 1 heterocycles. The predicted molar refractivity (Wildman–Crippen MR) is 93.7 cm³/mol. The van der Waals surface area contributed by atoms with Gasteiger partial charge in [-0.15, -0.1) is 0 Å². The molecule has 0 unspecified atom stereocenters. The number of benzene rings is 1. The molecule has 0 saturated carbocycles. The highest BCUT2D eigenvalue weighted by Crippen LogP contribution is 2.28. The van der Waals surface area contributed by atoms with E-state index in [4.69, 9.17) is 22.1 Å². The van der Waals surface area contributed by atoms with E-state index >= 15 is 0 Å². The molecule has 0 atom stereocenters. The Labute approximate surface area is 145 Å². The number of nitrogens with one attached hydrogen (secondary N) is 1. The molecule has 2 aromatic rings. The van der Waals surface area contributed by atoms with Gasteiger partial charge in [0.05, 0.1) is 17.2 Å². The van der Waals surface area contributed by atoms with Crippen LogP contribution in [0.25, 0.3) is 0 Å². The second-order valence-electron chi connectivity index (χ2n) is 5.89. The number of aryl methyl sites for hydroxylation is 1. The molecule has 7 heteroatoms. The van der Waals surface area contributed by atoms with Crippen molar-refractivity contribution in [3.63, 3.8) is 0 Å². The van der Waals surface area contributed by atoms with E-state index in [-0.39, 0.29) is 11.5 Å². The van der Waals surface area contributed by atoms with Gasteiger partial charge in [-0.3, -0.25) is 9.59 Å². The number of hydrogen-bond acceptors (Lipinski definition) is 3. The molecule has 3 N–H and O–H groups in total. The van der Waals surface area contributed by atoms with E-state index < -0.39 is 5.91 Å². The maximum absolute atomic E-state index is 12.3. The average molecular weight is 350 g/mol.